The van der Waals surface area contributed by atoms with Crippen LogP contribution in [0.5, 0.6) is 5.75 Å². The third-order valence-corrected chi connectivity index (χ3v) is 4.58. The molecule has 1 unspecified atom stereocenters. The Hall–Kier alpha value is -1.83. The van der Waals surface area contributed by atoms with Crippen LogP contribution in [0.1, 0.15) is 36.7 Å². The second-order valence-corrected chi connectivity index (χ2v) is 8.57. The minimum Gasteiger partial charge on any atom is -0.493 e. The average molecular weight is 410 g/mol. The van der Waals surface area contributed by atoms with Gasteiger partial charge in [-0.15, -0.1) is 0 Å². The van der Waals surface area contributed by atoms with E-state index in [-0.39, 0.29) is 0 Å². The molecule has 1 aliphatic rings. The molecule has 1 heterocycles. The molecular formula is C21H31NO5S. The van der Waals surface area contributed by atoms with Crippen molar-refractivity contribution < 1.29 is 22.1 Å². The first-order valence-electron chi connectivity index (χ1n) is 9.76. The average Bonchev–Trinajstić information content (AvgIpc) is 3.15. The Morgan fingerprint density at radius 3 is 2.64 bits per heavy atom. The van der Waals surface area contributed by atoms with Crippen LogP contribution >= 0.6 is 0 Å². The second kappa shape index (κ2) is 11.2. The molecule has 0 spiro atoms. The van der Waals surface area contributed by atoms with Gasteiger partial charge in [0.2, 0.25) is 0 Å². The number of aryl methyl sites for hydroxylation is 1. The van der Waals surface area contributed by atoms with Crippen molar-refractivity contribution in [3.05, 3.63) is 53.5 Å². The van der Waals surface area contributed by atoms with Gasteiger partial charge in [-0.25, -0.2) is 0 Å². The second-order valence-electron chi connectivity index (χ2n) is 7.10. The van der Waals surface area contributed by atoms with E-state index >= 15 is 0 Å². The maximum atomic E-state index is 9.19. The van der Waals surface area contributed by atoms with Gasteiger partial charge < -0.3 is 14.5 Å². The fourth-order valence-corrected chi connectivity index (χ4v) is 3.34. The third kappa shape index (κ3) is 8.46. The van der Waals surface area contributed by atoms with Crippen LogP contribution < -0.4 is 10.1 Å². The summed E-state index contributed by atoms with van der Waals surface area (Å²) in [4.78, 5) is 0. The molecule has 0 fully saturated rings. The lowest BCUT2D eigenvalue weighted by Gasteiger charge is -2.22. The van der Waals surface area contributed by atoms with Gasteiger partial charge in [-0.2, -0.15) is 8.42 Å². The molecule has 2 aromatic rings. The maximum absolute atomic E-state index is 9.19. The molecule has 7 heteroatoms. The van der Waals surface area contributed by atoms with Gasteiger partial charge in [-0.05, 0) is 61.6 Å². The molecule has 3 rings (SSSR count). The Bertz CT molecular complexity index is 794. The summed E-state index contributed by atoms with van der Waals surface area (Å²) in [6.07, 6.45) is 8.30. The summed E-state index contributed by atoms with van der Waals surface area (Å²) < 4.78 is 37.6. The molecule has 28 heavy (non-hydrogen) atoms. The van der Waals surface area contributed by atoms with Crippen molar-refractivity contribution in [2.75, 3.05) is 26.0 Å². The number of nitrogens with one attached hydrogen (secondary N) is 1. The number of hydrogen-bond acceptors (Lipinski definition) is 5. The summed E-state index contributed by atoms with van der Waals surface area (Å²) in [6, 6.07) is 10.5. The van der Waals surface area contributed by atoms with Crippen LogP contribution in [0.25, 0.3) is 0 Å². The molecule has 0 saturated carbocycles. The van der Waals surface area contributed by atoms with E-state index in [0.29, 0.717) is 12.2 Å². The van der Waals surface area contributed by atoms with Gasteiger partial charge in [0.25, 0.3) is 10.1 Å². The van der Waals surface area contributed by atoms with E-state index in [4.69, 9.17) is 13.7 Å². The Morgan fingerprint density at radius 1 is 1.21 bits per heavy atom. The molecular weight excluding hydrogens is 378 g/mol. The predicted octanol–water partition coefficient (Wildman–Crippen LogP) is 3.51. The molecule has 2 N–H and O–H groups in total. The third-order valence-electron chi connectivity index (χ3n) is 4.58. The lowest BCUT2D eigenvalue weighted by Crippen LogP contribution is -2.28. The van der Waals surface area contributed by atoms with Crippen molar-refractivity contribution >= 4 is 10.1 Å². The van der Waals surface area contributed by atoms with Crippen LogP contribution in [0.15, 0.2) is 41.0 Å². The van der Waals surface area contributed by atoms with Gasteiger partial charge in [0.1, 0.15) is 11.5 Å². The quantitative estimate of drug-likeness (QED) is 0.649. The Balaban J connectivity index is 0.000000500. The first-order chi connectivity index (χ1) is 13.4. The fourth-order valence-electron chi connectivity index (χ4n) is 3.34. The highest BCUT2D eigenvalue weighted by atomic mass is 32.2. The fraction of sp³-hybridized carbons (Fsp3) is 0.524. The molecule has 1 aromatic heterocycles. The van der Waals surface area contributed by atoms with E-state index in [0.717, 1.165) is 44.0 Å². The van der Waals surface area contributed by atoms with Crippen LogP contribution in [-0.4, -0.2) is 38.9 Å². The summed E-state index contributed by atoms with van der Waals surface area (Å²) in [5, 5.41) is 3.44. The normalized spacial score (nSPS) is 14.5. The number of ether oxygens (including phenoxy) is 1. The van der Waals surface area contributed by atoms with E-state index in [2.05, 4.69) is 30.4 Å². The largest absolute Gasteiger partial charge is 0.493 e. The minimum absolute atomic E-state index is 0.417. The molecule has 0 saturated heterocycles. The van der Waals surface area contributed by atoms with Crippen molar-refractivity contribution in [3.8, 4) is 5.75 Å². The van der Waals surface area contributed by atoms with Crippen LogP contribution in [0.4, 0.5) is 0 Å². The van der Waals surface area contributed by atoms with Gasteiger partial charge in [0, 0.05) is 18.9 Å². The molecule has 0 amide bonds. The highest BCUT2D eigenvalue weighted by Crippen LogP contribution is 2.29. The number of hydrogen-bond donors (Lipinski definition) is 2. The van der Waals surface area contributed by atoms with E-state index in [1.165, 1.54) is 30.4 Å². The lowest BCUT2D eigenvalue weighted by atomic mass is 9.91. The van der Waals surface area contributed by atoms with Crippen LogP contribution in [0, 0.1) is 5.92 Å². The molecule has 156 valence electrons. The summed E-state index contributed by atoms with van der Waals surface area (Å²) >= 11 is 0. The van der Waals surface area contributed by atoms with Gasteiger partial charge in [0.05, 0.1) is 19.1 Å². The smallest absolute Gasteiger partial charge is 0.261 e. The summed E-state index contributed by atoms with van der Waals surface area (Å²) in [5.74, 6) is 2.54. The van der Waals surface area contributed by atoms with Gasteiger partial charge >= 0.3 is 0 Å². The lowest BCUT2D eigenvalue weighted by molar-refractivity contribution is 0.234. The SMILES string of the molecule is CCNCC(COc1cccc2c1CCCC2)Cc1ccco1.CS(=O)(=O)O. The molecule has 1 aliphatic carbocycles. The number of benzene rings is 1. The molecule has 1 atom stereocenters. The Labute approximate surface area is 168 Å². The topological polar surface area (TPSA) is 88.8 Å². The van der Waals surface area contributed by atoms with Crippen molar-refractivity contribution in [1.29, 1.82) is 0 Å². The maximum Gasteiger partial charge on any atom is 0.261 e. The monoisotopic (exact) mass is 409 g/mol. The van der Waals surface area contributed by atoms with Crippen LogP contribution in [-0.2, 0) is 29.4 Å². The Kier molecular flexibility index (Phi) is 9.02. The van der Waals surface area contributed by atoms with Crippen molar-refractivity contribution in [2.45, 2.75) is 39.0 Å². The summed E-state index contributed by atoms with van der Waals surface area (Å²) in [7, 11) is -3.67. The molecule has 1 aromatic carbocycles. The molecule has 0 radical (unpaired) electrons. The minimum atomic E-state index is -3.67. The first-order valence-corrected chi connectivity index (χ1v) is 11.6. The van der Waals surface area contributed by atoms with Crippen LogP contribution in [0.3, 0.4) is 0 Å². The predicted molar refractivity (Wildman–Crippen MR) is 110 cm³/mol. The van der Waals surface area contributed by atoms with E-state index in [1.807, 2.05) is 12.1 Å². The molecule has 0 bridgehead atoms. The zero-order chi connectivity index (χ0) is 20.4. The number of fused-ring (bicyclic) bond motifs is 1. The number of rotatable bonds is 8. The van der Waals surface area contributed by atoms with Gasteiger partial charge in [-0.3, -0.25) is 4.55 Å². The summed E-state index contributed by atoms with van der Waals surface area (Å²) in [5.41, 5.74) is 2.90. The standard InChI is InChI=1S/C20H27NO2.CH4O3S/c1-2-21-14-16(13-18-9-6-12-22-18)15-23-20-11-5-8-17-7-3-4-10-19(17)20;1-5(2,3)4/h5-6,8-9,11-12,16,21H,2-4,7,10,13-15H2,1H3;1H3,(H,2,3,4). The van der Waals surface area contributed by atoms with E-state index < -0.39 is 10.1 Å². The summed E-state index contributed by atoms with van der Waals surface area (Å²) in [6.45, 7) is 4.80. The first kappa shape index (κ1) is 22.5. The highest BCUT2D eigenvalue weighted by Gasteiger charge is 2.16. The van der Waals surface area contributed by atoms with E-state index in [9.17, 15) is 8.42 Å². The van der Waals surface area contributed by atoms with Gasteiger partial charge in [-0.1, -0.05) is 19.1 Å². The van der Waals surface area contributed by atoms with Crippen molar-refractivity contribution in [1.82, 2.24) is 5.32 Å². The zero-order valence-electron chi connectivity index (χ0n) is 16.7. The molecule has 6 nitrogen and oxygen atoms in total. The van der Waals surface area contributed by atoms with E-state index in [1.54, 1.807) is 6.26 Å². The number of furan rings is 1. The zero-order valence-corrected chi connectivity index (χ0v) is 17.5. The molecule has 0 aliphatic heterocycles. The van der Waals surface area contributed by atoms with Crippen molar-refractivity contribution in [2.24, 2.45) is 5.92 Å². The van der Waals surface area contributed by atoms with Crippen LogP contribution in [0.2, 0.25) is 0 Å². The highest BCUT2D eigenvalue weighted by molar-refractivity contribution is 7.85. The van der Waals surface area contributed by atoms with Crippen molar-refractivity contribution in [3.63, 3.8) is 0 Å². The van der Waals surface area contributed by atoms with Gasteiger partial charge in [0.15, 0.2) is 0 Å². The Morgan fingerprint density at radius 2 is 1.96 bits per heavy atom.